The van der Waals surface area contributed by atoms with E-state index in [2.05, 4.69) is 5.10 Å². The van der Waals surface area contributed by atoms with Crippen LogP contribution in [0.2, 0.25) is 0 Å². The SMILES string of the molecule is Cc1cc[n+](C2=C(c3c(C)nn(-c4ccccc4)c3[O-])C(=O)N(c3ccccc3)C2=O)cc1C. The lowest BCUT2D eigenvalue weighted by molar-refractivity contribution is -0.577. The van der Waals surface area contributed by atoms with Crippen LogP contribution in [0.4, 0.5) is 5.69 Å². The number of aromatic nitrogens is 3. The second-order valence-electron chi connectivity index (χ2n) is 8.24. The maximum atomic E-state index is 13.8. The Morgan fingerprint density at radius 1 is 0.794 bits per heavy atom. The second kappa shape index (κ2) is 8.12. The van der Waals surface area contributed by atoms with Gasteiger partial charge in [-0.2, -0.15) is 9.67 Å². The van der Waals surface area contributed by atoms with E-state index >= 15 is 0 Å². The summed E-state index contributed by atoms with van der Waals surface area (Å²) in [5, 5.41) is 18.0. The van der Waals surface area contributed by atoms with Crippen LogP contribution >= 0.6 is 0 Å². The standard InChI is InChI=1S/C27H22N4O3/c1-17-14-15-29(16-18(17)2)24-23(25(32)30(27(24)34)20-10-6-4-7-11-20)22-19(3)28-31(26(22)33)21-12-8-5-9-13-21/h4-16H,1-3H3. The fourth-order valence-corrected chi connectivity index (χ4v) is 4.15. The van der Waals surface area contributed by atoms with Crippen LogP contribution in [-0.2, 0) is 9.59 Å². The zero-order valence-corrected chi connectivity index (χ0v) is 19.0. The molecular formula is C27H22N4O3. The highest BCUT2D eigenvalue weighted by atomic mass is 16.3. The van der Waals surface area contributed by atoms with Gasteiger partial charge in [-0.05, 0) is 56.5 Å². The molecule has 4 aromatic rings. The van der Waals surface area contributed by atoms with Crippen molar-refractivity contribution in [3.8, 4) is 11.6 Å². The number of imide groups is 1. The van der Waals surface area contributed by atoms with Gasteiger partial charge in [0.2, 0.25) is 0 Å². The van der Waals surface area contributed by atoms with E-state index in [0.29, 0.717) is 17.1 Å². The Morgan fingerprint density at radius 2 is 1.41 bits per heavy atom. The van der Waals surface area contributed by atoms with Crippen LogP contribution in [0.5, 0.6) is 5.88 Å². The van der Waals surface area contributed by atoms with Gasteiger partial charge in [0.05, 0.1) is 17.1 Å². The summed E-state index contributed by atoms with van der Waals surface area (Å²) in [4.78, 5) is 28.6. The molecule has 1 aliphatic heterocycles. The molecule has 2 amide bonds. The highest BCUT2D eigenvalue weighted by Crippen LogP contribution is 2.38. The molecule has 1 aliphatic rings. The van der Waals surface area contributed by atoms with E-state index in [1.54, 1.807) is 60.3 Å². The molecule has 0 N–H and O–H groups in total. The van der Waals surface area contributed by atoms with Gasteiger partial charge in [0.1, 0.15) is 5.57 Å². The molecule has 0 spiro atoms. The quantitative estimate of drug-likeness (QED) is 0.353. The number of rotatable bonds is 4. The third kappa shape index (κ3) is 3.29. The van der Waals surface area contributed by atoms with Crippen LogP contribution in [0.1, 0.15) is 22.4 Å². The van der Waals surface area contributed by atoms with Crippen molar-refractivity contribution in [2.45, 2.75) is 20.8 Å². The number of pyridine rings is 1. The van der Waals surface area contributed by atoms with Gasteiger partial charge < -0.3 is 5.11 Å². The van der Waals surface area contributed by atoms with Crippen molar-refractivity contribution in [3.63, 3.8) is 0 Å². The molecule has 7 heteroatoms. The molecule has 34 heavy (non-hydrogen) atoms. The first-order valence-corrected chi connectivity index (χ1v) is 10.9. The van der Waals surface area contributed by atoms with Crippen LogP contribution in [0.3, 0.4) is 0 Å². The minimum Gasteiger partial charge on any atom is -0.858 e. The normalized spacial score (nSPS) is 13.8. The Morgan fingerprint density at radius 3 is 2.03 bits per heavy atom. The van der Waals surface area contributed by atoms with Crippen LogP contribution in [0.15, 0.2) is 79.1 Å². The lowest BCUT2D eigenvalue weighted by atomic mass is 10.0. The van der Waals surface area contributed by atoms with Crippen molar-refractivity contribution >= 4 is 28.8 Å². The number of hydrogen-bond donors (Lipinski definition) is 0. The number of hydrogen-bond acceptors (Lipinski definition) is 4. The Hall–Kier alpha value is -4.52. The van der Waals surface area contributed by atoms with Crippen molar-refractivity contribution in [3.05, 3.63) is 102 Å². The first-order chi connectivity index (χ1) is 16.4. The smallest absolute Gasteiger partial charge is 0.331 e. The van der Waals surface area contributed by atoms with Crippen molar-refractivity contribution in [2.24, 2.45) is 0 Å². The van der Waals surface area contributed by atoms with E-state index in [1.165, 1.54) is 4.68 Å². The van der Waals surface area contributed by atoms with Crippen molar-refractivity contribution < 1.29 is 19.3 Å². The monoisotopic (exact) mass is 450 g/mol. The first-order valence-electron chi connectivity index (χ1n) is 10.9. The van der Waals surface area contributed by atoms with E-state index in [4.69, 9.17) is 0 Å². The third-order valence-electron chi connectivity index (χ3n) is 6.04. The van der Waals surface area contributed by atoms with Gasteiger partial charge in [-0.15, -0.1) is 0 Å². The predicted molar refractivity (Wildman–Crippen MR) is 126 cm³/mol. The maximum absolute atomic E-state index is 13.8. The lowest BCUT2D eigenvalue weighted by Gasteiger charge is -2.15. The van der Waals surface area contributed by atoms with Gasteiger partial charge >= 0.3 is 5.91 Å². The summed E-state index contributed by atoms with van der Waals surface area (Å²) in [6.07, 6.45) is 3.53. The third-order valence-corrected chi connectivity index (χ3v) is 6.04. The first kappa shape index (κ1) is 21.3. The minimum atomic E-state index is -0.551. The molecule has 0 bridgehead atoms. The molecule has 0 aliphatic carbocycles. The van der Waals surface area contributed by atoms with E-state index < -0.39 is 17.7 Å². The summed E-state index contributed by atoms with van der Waals surface area (Å²) in [6, 6.07) is 19.6. The van der Waals surface area contributed by atoms with Crippen molar-refractivity contribution in [1.29, 1.82) is 0 Å². The molecule has 168 valence electrons. The largest absolute Gasteiger partial charge is 0.858 e. The minimum absolute atomic E-state index is 0.0480. The summed E-state index contributed by atoms with van der Waals surface area (Å²) < 4.78 is 2.89. The Bertz CT molecular complexity index is 1470. The molecule has 2 aromatic heterocycles. The zero-order chi connectivity index (χ0) is 24.0. The van der Waals surface area contributed by atoms with E-state index in [9.17, 15) is 14.7 Å². The van der Waals surface area contributed by atoms with Crippen LogP contribution in [-0.4, -0.2) is 21.6 Å². The lowest BCUT2D eigenvalue weighted by Crippen LogP contribution is -2.40. The number of aryl methyl sites for hydroxylation is 3. The topological polar surface area (TPSA) is 82.1 Å². The average molecular weight is 450 g/mol. The number of carbonyl (C=O) groups excluding carboxylic acids is 2. The molecule has 7 nitrogen and oxygen atoms in total. The van der Waals surface area contributed by atoms with Gasteiger partial charge in [-0.1, -0.05) is 36.4 Å². The Labute approximate surface area is 196 Å². The van der Waals surface area contributed by atoms with Crippen LogP contribution in [0, 0.1) is 20.8 Å². The molecule has 0 unspecified atom stereocenters. The number of para-hydroxylation sites is 2. The fraction of sp³-hybridized carbons (Fsp3) is 0.111. The second-order valence-corrected chi connectivity index (χ2v) is 8.24. The summed E-state index contributed by atoms with van der Waals surface area (Å²) in [7, 11) is 0. The molecule has 5 rings (SSSR count). The van der Waals surface area contributed by atoms with Gasteiger partial charge in [0, 0.05) is 17.2 Å². The van der Waals surface area contributed by atoms with Crippen molar-refractivity contribution in [1.82, 2.24) is 9.78 Å². The molecular weight excluding hydrogens is 428 g/mol. The fourth-order valence-electron chi connectivity index (χ4n) is 4.15. The summed E-state index contributed by atoms with van der Waals surface area (Å²) in [6.45, 7) is 5.57. The van der Waals surface area contributed by atoms with Gasteiger partial charge in [-0.3, -0.25) is 9.59 Å². The Balaban J connectivity index is 1.77. The highest BCUT2D eigenvalue weighted by Gasteiger charge is 2.47. The maximum Gasteiger partial charge on any atom is 0.331 e. The summed E-state index contributed by atoms with van der Waals surface area (Å²) >= 11 is 0. The van der Waals surface area contributed by atoms with Gasteiger partial charge in [0.25, 0.3) is 11.6 Å². The molecule has 0 saturated carbocycles. The number of anilines is 1. The molecule has 0 fully saturated rings. The van der Waals surface area contributed by atoms with Crippen molar-refractivity contribution in [2.75, 3.05) is 4.90 Å². The predicted octanol–water partition coefficient (Wildman–Crippen LogP) is 3.10. The number of carbonyl (C=O) groups is 2. The molecule has 2 aromatic carbocycles. The van der Waals surface area contributed by atoms with Gasteiger partial charge in [0.15, 0.2) is 12.4 Å². The van der Waals surface area contributed by atoms with Crippen LogP contribution < -0.4 is 14.6 Å². The highest BCUT2D eigenvalue weighted by molar-refractivity contribution is 6.53. The molecule has 0 saturated heterocycles. The zero-order valence-electron chi connectivity index (χ0n) is 19.0. The number of nitrogens with zero attached hydrogens (tertiary/aromatic N) is 4. The van der Waals surface area contributed by atoms with E-state index in [-0.39, 0.29) is 16.8 Å². The molecule has 3 heterocycles. The Kier molecular flexibility index (Phi) is 5.09. The average Bonchev–Trinajstić information content (AvgIpc) is 3.27. The number of benzene rings is 2. The van der Waals surface area contributed by atoms with Gasteiger partial charge in [-0.25, -0.2) is 9.58 Å². The summed E-state index contributed by atoms with van der Waals surface area (Å²) in [5.74, 6) is -1.49. The van der Waals surface area contributed by atoms with E-state index in [1.807, 2.05) is 44.2 Å². The summed E-state index contributed by atoms with van der Waals surface area (Å²) in [5.41, 5.74) is 3.70. The molecule has 0 radical (unpaired) electrons. The van der Waals surface area contributed by atoms with Crippen LogP contribution in [0.25, 0.3) is 17.0 Å². The van der Waals surface area contributed by atoms with E-state index in [0.717, 1.165) is 16.0 Å². The number of amides is 2. The molecule has 0 atom stereocenters.